The van der Waals surface area contributed by atoms with E-state index in [9.17, 15) is 9.59 Å². The maximum Gasteiger partial charge on any atom is 0.263 e. The fraction of sp³-hybridized carbons (Fsp3) is 0.571. The fourth-order valence-corrected chi connectivity index (χ4v) is 3.82. The highest BCUT2D eigenvalue weighted by Crippen LogP contribution is 2.35. The van der Waals surface area contributed by atoms with Crippen LogP contribution >= 0.6 is 27.3 Å². The van der Waals surface area contributed by atoms with Crippen molar-refractivity contribution in [2.24, 2.45) is 5.92 Å². The molecule has 0 bridgehead atoms. The molecular formula is C14H18BrNO2S. The van der Waals surface area contributed by atoms with Gasteiger partial charge in [-0.25, -0.2) is 0 Å². The fourth-order valence-electron chi connectivity index (χ4n) is 2.40. The van der Waals surface area contributed by atoms with Crippen LogP contribution in [0.1, 0.15) is 60.2 Å². The second kappa shape index (κ2) is 6.18. The zero-order valence-corrected chi connectivity index (χ0v) is 13.6. The van der Waals surface area contributed by atoms with Crippen molar-refractivity contribution in [1.29, 1.82) is 0 Å². The average Bonchev–Trinajstić information content (AvgIpc) is 2.89. The summed E-state index contributed by atoms with van der Waals surface area (Å²) in [7, 11) is 0. The number of amides is 2. The first-order valence-electron chi connectivity index (χ1n) is 6.73. The van der Waals surface area contributed by atoms with Crippen molar-refractivity contribution in [2.75, 3.05) is 6.54 Å². The Bertz CT molecular complexity index is 498. The Kier molecular flexibility index (Phi) is 4.79. The van der Waals surface area contributed by atoms with Gasteiger partial charge in [-0.1, -0.05) is 33.1 Å². The smallest absolute Gasteiger partial charge is 0.263 e. The van der Waals surface area contributed by atoms with Gasteiger partial charge in [-0.2, -0.15) is 0 Å². The molecule has 0 N–H and O–H groups in total. The maximum atomic E-state index is 12.3. The van der Waals surface area contributed by atoms with E-state index in [-0.39, 0.29) is 11.8 Å². The van der Waals surface area contributed by atoms with Crippen LogP contribution in [0.25, 0.3) is 0 Å². The zero-order chi connectivity index (χ0) is 14.0. The van der Waals surface area contributed by atoms with Crippen LogP contribution in [0.5, 0.6) is 0 Å². The molecule has 1 aromatic rings. The van der Waals surface area contributed by atoms with Crippen LogP contribution in [-0.4, -0.2) is 23.3 Å². The summed E-state index contributed by atoms with van der Waals surface area (Å²) in [6.45, 7) is 4.84. The van der Waals surface area contributed by atoms with Crippen LogP contribution in [0, 0.1) is 5.92 Å². The molecule has 2 amide bonds. The second-order valence-corrected chi connectivity index (χ2v) is 7.13. The lowest BCUT2D eigenvalue weighted by Gasteiger charge is -2.21. The zero-order valence-electron chi connectivity index (χ0n) is 11.2. The molecular weight excluding hydrogens is 326 g/mol. The van der Waals surface area contributed by atoms with Crippen LogP contribution in [0.4, 0.5) is 0 Å². The third kappa shape index (κ3) is 2.77. The lowest BCUT2D eigenvalue weighted by atomic mass is 9.99. The molecule has 0 fully saturated rings. The van der Waals surface area contributed by atoms with Crippen LogP contribution in [0.3, 0.4) is 0 Å². The predicted molar refractivity (Wildman–Crippen MR) is 80.7 cm³/mol. The first kappa shape index (κ1) is 14.7. The molecule has 1 aromatic heterocycles. The van der Waals surface area contributed by atoms with Crippen molar-refractivity contribution >= 4 is 39.1 Å². The summed E-state index contributed by atoms with van der Waals surface area (Å²) >= 11 is 4.76. The van der Waals surface area contributed by atoms with E-state index in [4.69, 9.17) is 0 Å². The standard InChI is InChI=1S/C14H18BrNO2S/c1-3-5-6-9(4-2)7-16-13(17)10-8-19-12(15)11(10)14(16)18/h8-9H,3-7H2,1-2H3. The van der Waals surface area contributed by atoms with Crippen molar-refractivity contribution in [3.8, 4) is 0 Å². The number of nitrogens with zero attached hydrogens (tertiary/aromatic N) is 1. The highest BCUT2D eigenvalue weighted by molar-refractivity contribution is 9.11. The normalized spacial score (nSPS) is 16.1. The Morgan fingerprint density at radius 1 is 1.32 bits per heavy atom. The van der Waals surface area contributed by atoms with E-state index in [1.165, 1.54) is 16.2 Å². The van der Waals surface area contributed by atoms with Crippen LogP contribution < -0.4 is 0 Å². The molecule has 1 aliphatic rings. The summed E-state index contributed by atoms with van der Waals surface area (Å²) in [5, 5.41) is 1.77. The van der Waals surface area contributed by atoms with Gasteiger partial charge in [0.2, 0.25) is 0 Å². The summed E-state index contributed by atoms with van der Waals surface area (Å²) in [4.78, 5) is 26.0. The average molecular weight is 344 g/mol. The number of halogens is 1. The van der Waals surface area contributed by atoms with E-state index in [1.807, 2.05) is 0 Å². The molecule has 0 aromatic carbocycles. The number of hydrogen-bond acceptors (Lipinski definition) is 3. The quantitative estimate of drug-likeness (QED) is 0.721. The number of hydrogen-bond donors (Lipinski definition) is 0. The van der Waals surface area contributed by atoms with Crippen LogP contribution in [0.15, 0.2) is 9.17 Å². The molecule has 0 saturated heterocycles. The molecule has 0 radical (unpaired) electrons. The number of carbonyl (C=O) groups excluding carboxylic acids is 2. The highest BCUT2D eigenvalue weighted by Gasteiger charge is 2.39. The minimum Gasteiger partial charge on any atom is -0.274 e. The summed E-state index contributed by atoms with van der Waals surface area (Å²) in [6.07, 6.45) is 4.39. The molecule has 0 saturated carbocycles. The number of thiophene rings is 1. The Morgan fingerprint density at radius 3 is 2.63 bits per heavy atom. The largest absolute Gasteiger partial charge is 0.274 e. The van der Waals surface area contributed by atoms with Crippen molar-refractivity contribution in [2.45, 2.75) is 39.5 Å². The van der Waals surface area contributed by atoms with Gasteiger partial charge in [0, 0.05) is 11.9 Å². The molecule has 1 atom stereocenters. The van der Waals surface area contributed by atoms with Gasteiger partial charge in [0.05, 0.1) is 14.9 Å². The molecule has 1 aliphatic heterocycles. The van der Waals surface area contributed by atoms with Gasteiger partial charge in [-0.05, 0) is 28.3 Å². The summed E-state index contributed by atoms with van der Waals surface area (Å²) in [5.74, 6) is 0.152. The van der Waals surface area contributed by atoms with Crippen molar-refractivity contribution in [1.82, 2.24) is 4.90 Å². The first-order chi connectivity index (χ1) is 9.10. The Morgan fingerprint density at radius 2 is 2.05 bits per heavy atom. The molecule has 104 valence electrons. The minimum atomic E-state index is -0.136. The molecule has 2 rings (SSSR count). The molecule has 19 heavy (non-hydrogen) atoms. The number of fused-ring (bicyclic) bond motifs is 1. The van der Waals surface area contributed by atoms with E-state index >= 15 is 0 Å². The third-order valence-electron chi connectivity index (χ3n) is 3.66. The topological polar surface area (TPSA) is 37.4 Å². The minimum absolute atomic E-state index is 0.128. The first-order valence-corrected chi connectivity index (χ1v) is 8.40. The van der Waals surface area contributed by atoms with Gasteiger partial charge in [0.1, 0.15) is 0 Å². The maximum absolute atomic E-state index is 12.3. The second-order valence-electron chi connectivity index (χ2n) is 4.94. The van der Waals surface area contributed by atoms with E-state index in [2.05, 4.69) is 29.8 Å². The van der Waals surface area contributed by atoms with Crippen molar-refractivity contribution in [3.05, 3.63) is 20.3 Å². The third-order valence-corrected chi connectivity index (χ3v) is 5.39. The van der Waals surface area contributed by atoms with E-state index in [0.29, 0.717) is 23.6 Å². The van der Waals surface area contributed by atoms with Gasteiger partial charge in [0.25, 0.3) is 11.8 Å². The predicted octanol–water partition coefficient (Wildman–Crippen LogP) is 4.32. The van der Waals surface area contributed by atoms with Crippen molar-refractivity contribution < 1.29 is 9.59 Å². The van der Waals surface area contributed by atoms with Crippen LogP contribution in [0.2, 0.25) is 0 Å². The van der Waals surface area contributed by atoms with Crippen LogP contribution in [-0.2, 0) is 0 Å². The van der Waals surface area contributed by atoms with Gasteiger partial charge < -0.3 is 0 Å². The molecule has 2 heterocycles. The number of rotatable bonds is 6. The monoisotopic (exact) mass is 343 g/mol. The van der Waals surface area contributed by atoms with E-state index < -0.39 is 0 Å². The Labute approximate surface area is 126 Å². The summed E-state index contributed by atoms with van der Waals surface area (Å²) in [5.41, 5.74) is 1.12. The molecule has 0 spiro atoms. The van der Waals surface area contributed by atoms with E-state index in [0.717, 1.165) is 29.5 Å². The Hall–Kier alpha value is -0.680. The SMILES string of the molecule is CCCCC(CC)CN1C(=O)c2csc(Br)c2C1=O. The Balaban J connectivity index is 2.11. The van der Waals surface area contributed by atoms with E-state index in [1.54, 1.807) is 5.38 Å². The number of carbonyl (C=O) groups is 2. The lowest BCUT2D eigenvalue weighted by Crippen LogP contribution is -2.34. The molecule has 0 aliphatic carbocycles. The molecule has 3 nitrogen and oxygen atoms in total. The van der Waals surface area contributed by atoms with Gasteiger partial charge in [-0.15, -0.1) is 11.3 Å². The summed E-state index contributed by atoms with van der Waals surface area (Å²) < 4.78 is 0.768. The van der Waals surface area contributed by atoms with Crippen molar-refractivity contribution in [3.63, 3.8) is 0 Å². The lowest BCUT2D eigenvalue weighted by molar-refractivity contribution is 0.0624. The van der Waals surface area contributed by atoms with Gasteiger partial charge in [-0.3, -0.25) is 14.5 Å². The molecule has 5 heteroatoms. The summed E-state index contributed by atoms with van der Waals surface area (Å²) in [6, 6.07) is 0. The molecule has 1 unspecified atom stereocenters. The van der Waals surface area contributed by atoms with Gasteiger partial charge in [0.15, 0.2) is 0 Å². The van der Waals surface area contributed by atoms with Gasteiger partial charge >= 0.3 is 0 Å². The highest BCUT2D eigenvalue weighted by atomic mass is 79.9. The number of unbranched alkanes of at least 4 members (excludes halogenated alkanes) is 1. The number of imide groups is 1.